The van der Waals surface area contributed by atoms with Crippen molar-refractivity contribution in [3.63, 3.8) is 0 Å². The molecule has 1 atom stereocenters. The average Bonchev–Trinajstić information content (AvgIpc) is 2.92. The topological polar surface area (TPSA) is 21.3 Å². The Morgan fingerprint density at radius 1 is 1.44 bits per heavy atom. The van der Waals surface area contributed by atoms with Crippen LogP contribution in [0.25, 0.3) is 0 Å². The first-order valence-corrected chi connectivity index (χ1v) is 6.01. The van der Waals surface area contributed by atoms with Gasteiger partial charge in [0.1, 0.15) is 11.6 Å². The van der Waals surface area contributed by atoms with Crippen LogP contribution in [0.4, 0.5) is 4.39 Å². The van der Waals surface area contributed by atoms with Gasteiger partial charge in [-0.2, -0.15) is 0 Å². The fraction of sp³-hybridized carbons (Fsp3) is 0.538. The van der Waals surface area contributed by atoms with E-state index in [9.17, 15) is 4.39 Å². The zero-order valence-corrected chi connectivity index (χ0v) is 9.26. The van der Waals surface area contributed by atoms with Crippen LogP contribution in [0, 0.1) is 5.82 Å². The quantitative estimate of drug-likeness (QED) is 0.825. The highest BCUT2D eigenvalue weighted by Crippen LogP contribution is 2.31. The van der Waals surface area contributed by atoms with E-state index in [1.807, 2.05) is 0 Å². The summed E-state index contributed by atoms with van der Waals surface area (Å²) < 4.78 is 19.3. The first kappa shape index (κ1) is 10.1. The minimum absolute atomic E-state index is 0.0713. The zero-order chi connectivity index (χ0) is 11.0. The van der Waals surface area contributed by atoms with E-state index < -0.39 is 0 Å². The Kier molecular flexibility index (Phi) is 2.56. The molecule has 3 rings (SSSR count). The van der Waals surface area contributed by atoms with E-state index >= 15 is 0 Å². The molecular weight excluding hydrogens is 205 g/mol. The Hall–Kier alpha value is -1.09. The SMILES string of the molecule is Fc1ccc2c(c1CC1CCCN1)CCO2. The van der Waals surface area contributed by atoms with Gasteiger partial charge in [-0.05, 0) is 43.5 Å². The van der Waals surface area contributed by atoms with E-state index in [2.05, 4.69) is 5.32 Å². The molecule has 1 unspecified atom stereocenters. The fourth-order valence-electron chi connectivity index (χ4n) is 2.71. The summed E-state index contributed by atoms with van der Waals surface area (Å²) in [7, 11) is 0. The number of fused-ring (bicyclic) bond motifs is 1. The lowest BCUT2D eigenvalue weighted by atomic mass is 9.97. The first-order valence-electron chi connectivity index (χ1n) is 6.01. The molecule has 1 fully saturated rings. The molecule has 1 saturated heterocycles. The van der Waals surface area contributed by atoms with E-state index in [-0.39, 0.29) is 5.82 Å². The molecule has 2 aliphatic heterocycles. The van der Waals surface area contributed by atoms with Gasteiger partial charge >= 0.3 is 0 Å². The lowest BCUT2D eigenvalue weighted by molar-refractivity contribution is 0.356. The molecular formula is C13H16FNO. The normalized spacial score (nSPS) is 23.2. The second-order valence-corrected chi connectivity index (χ2v) is 4.60. The summed E-state index contributed by atoms with van der Waals surface area (Å²) in [6.07, 6.45) is 4.02. The van der Waals surface area contributed by atoms with Crippen molar-refractivity contribution >= 4 is 0 Å². The molecule has 2 nitrogen and oxygen atoms in total. The van der Waals surface area contributed by atoms with Gasteiger partial charge in [0.2, 0.25) is 0 Å². The smallest absolute Gasteiger partial charge is 0.127 e. The van der Waals surface area contributed by atoms with Gasteiger partial charge in [-0.15, -0.1) is 0 Å². The third kappa shape index (κ3) is 1.69. The minimum Gasteiger partial charge on any atom is -0.493 e. The Bertz CT molecular complexity index is 399. The molecule has 16 heavy (non-hydrogen) atoms. The van der Waals surface area contributed by atoms with E-state index in [0.717, 1.165) is 42.7 Å². The number of benzene rings is 1. The number of ether oxygens (including phenoxy) is 1. The molecule has 3 heteroatoms. The highest BCUT2D eigenvalue weighted by Gasteiger charge is 2.23. The van der Waals surface area contributed by atoms with Gasteiger partial charge in [0.05, 0.1) is 6.61 Å². The molecule has 1 N–H and O–H groups in total. The van der Waals surface area contributed by atoms with E-state index in [0.29, 0.717) is 12.6 Å². The van der Waals surface area contributed by atoms with Crippen LogP contribution in [0.1, 0.15) is 24.0 Å². The third-order valence-corrected chi connectivity index (χ3v) is 3.55. The molecule has 0 bridgehead atoms. The van der Waals surface area contributed by atoms with Gasteiger partial charge in [-0.25, -0.2) is 4.39 Å². The van der Waals surface area contributed by atoms with Crippen molar-refractivity contribution in [2.45, 2.75) is 31.7 Å². The van der Waals surface area contributed by atoms with Crippen molar-refractivity contribution in [1.29, 1.82) is 0 Å². The van der Waals surface area contributed by atoms with Crippen LogP contribution < -0.4 is 10.1 Å². The Balaban J connectivity index is 1.90. The predicted octanol–water partition coefficient (Wildman–Crippen LogP) is 2.06. The molecule has 0 spiro atoms. The third-order valence-electron chi connectivity index (χ3n) is 3.55. The molecule has 2 aliphatic rings. The van der Waals surface area contributed by atoms with Crippen LogP contribution in [0.3, 0.4) is 0 Å². The standard InChI is InChI=1S/C13H16FNO/c14-12-3-4-13-10(5-7-16-13)11(12)8-9-2-1-6-15-9/h3-4,9,15H,1-2,5-8H2. The van der Waals surface area contributed by atoms with Crippen LogP contribution in [-0.4, -0.2) is 19.2 Å². The summed E-state index contributed by atoms with van der Waals surface area (Å²) in [4.78, 5) is 0. The second-order valence-electron chi connectivity index (χ2n) is 4.60. The monoisotopic (exact) mass is 221 g/mol. The summed E-state index contributed by atoms with van der Waals surface area (Å²) in [5.74, 6) is 0.812. The number of nitrogens with one attached hydrogen (secondary N) is 1. The Morgan fingerprint density at radius 3 is 3.19 bits per heavy atom. The van der Waals surface area contributed by atoms with Crippen molar-refractivity contribution in [1.82, 2.24) is 5.32 Å². The van der Waals surface area contributed by atoms with Crippen LogP contribution in [0.15, 0.2) is 12.1 Å². The number of halogens is 1. The molecule has 1 aromatic carbocycles. The average molecular weight is 221 g/mol. The number of hydrogen-bond acceptors (Lipinski definition) is 2. The van der Waals surface area contributed by atoms with Gasteiger partial charge < -0.3 is 10.1 Å². The van der Waals surface area contributed by atoms with Crippen LogP contribution in [-0.2, 0) is 12.8 Å². The summed E-state index contributed by atoms with van der Waals surface area (Å²) in [5, 5.41) is 3.42. The maximum absolute atomic E-state index is 13.8. The summed E-state index contributed by atoms with van der Waals surface area (Å²) in [6.45, 7) is 1.77. The summed E-state index contributed by atoms with van der Waals surface area (Å²) >= 11 is 0. The second kappa shape index (κ2) is 4.06. The molecule has 0 aliphatic carbocycles. The van der Waals surface area contributed by atoms with E-state index in [1.54, 1.807) is 6.07 Å². The number of hydrogen-bond donors (Lipinski definition) is 1. The van der Waals surface area contributed by atoms with Crippen molar-refractivity contribution < 1.29 is 9.13 Å². The number of rotatable bonds is 2. The molecule has 0 aromatic heterocycles. The maximum Gasteiger partial charge on any atom is 0.127 e. The molecule has 1 aromatic rings. The highest BCUT2D eigenvalue weighted by molar-refractivity contribution is 5.44. The van der Waals surface area contributed by atoms with E-state index in [4.69, 9.17) is 4.74 Å². The lowest BCUT2D eigenvalue weighted by Crippen LogP contribution is -2.24. The first-order chi connectivity index (χ1) is 7.84. The summed E-state index contributed by atoms with van der Waals surface area (Å²) in [5.41, 5.74) is 1.96. The van der Waals surface area contributed by atoms with Crippen molar-refractivity contribution in [2.75, 3.05) is 13.2 Å². The van der Waals surface area contributed by atoms with Crippen molar-refractivity contribution in [3.05, 3.63) is 29.1 Å². The molecule has 2 heterocycles. The molecule has 0 saturated carbocycles. The van der Waals surface area contributed by atoms with E-state index in [1.165, 1.54) is 12.5 Å². The summed E-state index contributed by atoms with van der Waals surface area (Å²) in [6, 6.07) is 3.74. The molecule has 0 radical (unpaired) electrons. The van der Waals surface area contributed by atoms with Gasteiger partial charge in [0.25, 0.3) is 0 Å². The van der Waals surface area contributed by atoms with Crippen molar-refractivity contribution in [2.24, 2.45) is 0 Å². The van der Waals surface area contributed by atoms with Crippen LogP contribution in [0.2, 0.25) is 0 Å². The fourth-order valence-corrected chi connectivity index (χ4v) is 2.71. The largest absolute Gasteiger partial charge is 0.493 e. The molecule has 0 amide bonds. The molecule has 86 valence electrons. The van der Waals surface area contributed by atoms with Crippen molar-refractivity contribution in [3.8, 4) is 5.75 Å². The highest BCUT2D eigenvalue weighted by atomic mass is 19.1. The van der Waals surface area contributed by atoms with Gasteiger partial charge in [0.15, 0.2) is 0 Å². The van der Waals surface area contributed by atoms with Crippen LogP contribution in [0.5, 0.6) is 5.75 Å². The Labute approximate surface area is 94.8 Å². The van der Waals surface area contributed by atoms with Gasteiger partial charge in [-0.3, -0.25) is 0 Å². The zero-order valence-electron chi connectivity index (χ0n) is 9.26. The minimum atomic E-state index is -0.0713. The van der Waals surface area contributed by atoms with Gasteiger partial charge in [0, 0.05) is 18.0 Å². The lowest BCUT2D eigenvalue weighted by Gasteiger charge is -2.13. The Morgan fingerprint density at radius 2 is 2.38 bits per heavy atom. The maximum atomic E-state index is 13.8. The predicted molar refractivity (Wildman–Crippen MR) is 60.3 cm³/mol. The van der Waals surface area contributed by atoms with Gasteiger partial charge in [-0.1, -0.05) is 0 Å². The van der Waals surface area contributed by atoms with Crippen LogP contribution >= 0.6 is 0 Å².